The standard InChI is InChI=1S/C14H19N5S/c1-10-6-4-5-7-11(10)9-19(2)13-8-12(18-15)16-14(17-13)20-3/h4-8H,9,15H2,1-3H3,(H,16,17,18). The van der Waals surface area contributed by atoms with Crippen LogP contribution in [0.15, 0.2) is 35.5 Å². The Balaban J connectivity index is 2.24. The third-order valence-electron chi connectivity index (χ3n) is 3.08. The van der Waals surface area contributed by atoms with E-state index >= 15 is 0 Å². The van der Waals surface area contributed by atoms with E-state index < -0.39 is 0 Å². The van der Waals surface area contributed by atoms with Gasteiger partial charge in [0.2, 0.25) is 0 Å². The van der Waals surface area contributed by atoms with Crippen LogP contribution >= 0.6 is 11.8 Å². The van der Waals surface area contributed by atoms with Crippen molar-refractivity contribution >= 4 is 23.4 Å². The second kappa shape index (κ2) is 6.58. The minimum Gasteiger partial charge on any atom is -0.355 e. The molecule has 0 atom stereocenters. The van der Waals surface area contributed by atoms with Crippen LogP contribution in [0.25, 0.3) is 0 Å². The lowest BCUT2D eigenvalue weighted by atomic mass is 10.1. The van der Waals surface area contributed by atoms with Crippen LogP contribution in [-0.4, -0.2) is 23.3 Å². The van der Waals surface area contributed by atoms with Crippen molar-refractivity contribution in [1.82, 2.24) is 9.97 Å². The van der Waals surface area contributed by atoms with E-state index in [1.165, 1.54) is 22.9 Å². The summed E-state index contributed by atoms with van der Waals surface area (Å²) in [5, 5.41) is 0.701. The van der Waals surface area contributed by atoms with Gasteiger partial charge in [-0.2, -0.15) is 0 Å². The van der Waals surface area contributed by atoms with Gasteiger partial charge < -0.3 is 10.3 Å². The van der Waals surface area contributed by atoms with E-state index in [0.29, 0.717) is 11.0 Å². The summed E-state index contributed by atoms with van der Waals surface area (Å²) in [5.74, 6) is 6.92. The summed E-state index contributed by atoms with van der Waals surface area (Å²) in [6.45, 7) is 2.91. The van der Waals surface area contributed by atoms with Gasteiger partial charge in [-0.1, -0.05) is 36.0 Å². The quantitative estimate of drug-likeness (QED) is 0.381. The molecule has 0 saturated heterocycles. The normalized spacial score (nSPS) is 10.4. The Morgan fingerprint density at radius 3 is 2.70 bits per heavy atom. The van der Waals surface area contributed by atoms with Gasteiger partial charge in [0.25, 0.3) is 0 Å². The van der Waals surface area contributed by atoms with Gasteiger partial charge in [0.1, 0.15) is 11.6 Å². The van der Waals surface area contributed by atoms with Crippen LogP contribution in [0.2, 0.25) is 0 Å². The van der Waals surface area contributed by atoms with Crippen molar-refractivity contribution in [3.8, 4) is 0 Å². The first-order valence-electron chi connectivity index (χ1n) is 6.29. The highest BCUT2D eigenvalue weighted by Crippen LogP contribution is 2.21. The number of hydrazine groups is 1. The highest BCUT2D eigenvalue weighted by Gasteiger charge is 2.09. The topological polar surface area (TPSA) is 67.1 Å². The smallest absolute Gasteiger partial charge is 0.191 e. The molecule has 0 radical (unpaired) electrons. The molecule has 1 heterocycles. The van der Waals surface area contributed by atoms with E-state index in [2.05, 4.69) is 45.4 Å². The molecule has 2 rings (SSSR count). The number of nitrogens with one attached hydrogen (secondary N) is 1. The molecule has 20 heavy (non-hydrogen) atoms. The Bertz CT molecular complexity index is 565. The second-order valence-corrected chi connectivity index (χ2v) is 5.30. The molecule has 0 bridgehead atoms. The van der Waals surface area contributed by atoms with Crippen molar-refractivity contribution in [2.75, 3.05) is 23.6 Å². The fraction of sp³-hybridized carbons (Fsp3) is 0.286. The van der Waals surface area contributed by atoms with Crippen molar-refractivity contribution in [3.63, 3.8) is 0 Å². The summed E-state index contributed by atoms with van der Waals surface area (Å²) in [5.41, 5.74) is 5.13. The average molecular weight is 289 g/mol. The number of rotatable bonds is 5. The van der Waals surface area contributed by atoms with Crippen LogP contribution in [0, 0.1) is 6.92 Å². The van der Waals surface area contributed by atoms with Crippen LogP contribution in [0.4, 0.5) is 11.6 Å². The summed E-state index contributed by atoms with van der Waals surface area (Å²) in [6.07, 6.45) is 1.95. The number of aromatic nitrogens is 2. The largest absolute Gasteiger partial charge is 0.355 e. The third kappa shape index (κ3) is 3.40. The molecule has 2 aromatic rings. The lowest BCUT2D eigenvalue weighted by molar-refractivity contribution is 0.853. The molecule has 0 aliphatic heterocycles. The zero-order valence-corrected chi connectivity index (χ0v) is 12.7. The Morgan fingerprint density at radius 2 is 2.05 bits per heavy atom. The summed E-state index contributed by atoms with van der Waals surface area (Å²) >= 11 is 1.49. The number of nitrogens with zero attached hydrogens (tertiary/aromatic N) is 3. The molecule has 0 aliphatic carbocycles. The van der Waals surface area contributed by atoms with Gasteiger partial charge in [-0.3, -0.25) is 0 Å². The number of aryl methyl sites for hydroxylation is 1. The summed E-state index contributed by atoms with van der Waals surface area (Å²) in [7, 11) is 2.01. The Morgan fingerprint density at radius 1 is 1.30 bits per heavy atom. The molecule has 1 aromatic heterocycles. The third-order valence-corrected chi connectivity index (χ3v) is 3.63. The second-order valence-electron chi connectivity index (χ2n) is 4.52. The lowest BCUT2D eigenvalue weighted by Crippen LogP contribution is -2.20. The number of anilines is 2. The van der Waals surface area contributed by atoms with Crippen molar-refractivity contribution in [2.45, 2.75) is 18.6 Å². The van der Waals surface area contributed by atoms with Gasteiger partial charge in [0.15, 0.2) is 5.16 Å². The van der Waals surface area contributed by atoms with Crippen molar-refractivity contribution in [1.29, 1.82) is 0 Å². The van der Waals surface area contributed by atoms with Gasteiger partial charge in [0, 0.05) is 19.7 Å². The maximum Gasteiger partial charge on any atom is 0.191 e. The van der Waals surface area contributed by atoms with E-state index in [-0.39, 0.29) is 0 Å². The zero-order valence-electron chi connectivity index (χ0n) is 11.9. The van der Waals surface area contributed by atoms with Gasteiger partial charge in [-0.15, -0.1) is 0 Å². The van der Waals surface area contributed by atoms with Crippen molar-refractivity contribution in [2.24, 2.45) is 5.84 Å². The molecule has 0 spiro atoms. The van der Waals surface area contributed by atoms with Crippen molar-refractivity contribution in [3.05, 3.63) is 41.5 Å². The fourth-order valence-corrected chi connectivity index (χ4v) is 2.27. The number of benzene rings is 1. The molecule has 6 heteroatoms. The molecule has 0 fully saturated rings. The maximum absolute atomic E-state index is 5.45. The Kier molecular flexibility index (Phi) is 4.81. The molecule has 0 amide bonds. The molecule has 5 nitrogen and oxygen atoms in total. The highest BCUT2D eigenvalue weighted by atomic mass is 32.2. The number of nitrogens with two attached hydrogens (primary N) is 1. The van der Waals surface area contributed by atoms with Crippen LogP contribution in [0.5, 0.6) is 0 Å². The van der Waals surface area contributed by atoms with Crippen LogP contribution < -0.4 is 16.2 Å². The predicted molar refractivity (Wildman–Crippen MR) is 84.9 cm³/mol. The minimum atomic E-state index is 0.621. The zero-order chi connectivity index (χ0) is 14.5. The van der Waals surface area contributed by atoms with E-state index in [1.807, 2.05) is 25.4 Å². The maximum atomic E-state index is 5.45. The molecule has 0 aliphatic rings. The van der Waals surface area contributed by atoms with Crippen LogP contribution in [0.3, 0.4) is 0 Å². The van der Waals surface area contributed by atoms with Gasteiger partial charge >= 0.3 is 0 Å². The van der Waals surface area contributed by atoms with E-state index in [1.54, 1.807) is 0 Å². The number of thioether (sulfide) groups is 1. The first-order chi connectivity index (χ1) is 9.63. The average Bonchev–Trinajstić information content (AvgIpc) is 2.48. The monoisotopic (exact) mass is 289 g/mol. The first-order valence-corrected chi connectivity index (χ1v) is 7.52. The summed E-state index contributed by atoms with van der Waals surface area (Å²) in [6, 6.07) is 10.2. The molecule has 0 saturated carbocycles. The molecule has 0 unspecified atom stereocenters. The Hall–Kier alpha value is -1.79. The Labute approximate surface area is 123 Å². The van der Waals surface area contributed by atoms with Crippen LogP contribution in [-0.2, 0) is 6.54 Å². The SMILES string of the molecule is CSc1nc(NN)cc(N(C)Cc2ccccc2C)n1. The molecule has 106 valence electrons. The summed E-state index contributed by atoms with van der Waals surface area (Å²) in [4.78, 5) is 10.9. The number of hydrogen-bond donors (Lipinski definition) is 2. The van der Waals surface area contributed by atoms with Gasteiger partial charge in [0.05, 0.1) is 0 Å². The summed E-state index contributed by atoms with van der Waals surface area (Å²) < 4.78 is 0. The number of nitrogen functional groups attached to an aromatic ring is 1. The first kappa shape index (κ1) is 14.6. The van der Waals surface area contributed by atoms with Crippen LogP contribution in [0.1, 0.15) is 11.1 Å². The van der Waals surface area contributed by atoms with E-state index in [0.717, 1.165) is 12.4 Å². The predicted octanol–water partition coefficient (Wildman–Crippen LogP) is 2.43. The van der Waals surface area contributed by atoms with Crippen molar-refractivity contribution < 1.29 is 0 Å². The lowest BCUT2D eigenvalue weighted by Gasteiger charge is -2.20. The molecular formula is C14H19N5S. The minimum absolute atomic E-state index is 0.621. The highest BCUT2D eigenvalue weighted by molar-refractivity contribution is 7.98. The molecule has 1 aromatic carbocycles. The van der Waals surface area contributed by atoms with Gasteiger partial charge in [-0.05, 0) is 24.3 Å². The number of hydrogen-bond acceptors (Lipinski definition) is 6. The molecular weight excluding hydrogens is 270 g/mol. The van der Waals surface area contributed by atoms with E-state index in [4.69, 9.17) is 5.84 Å². The van der Waals surface area contributed by atoms with Gasteiger partial charge in [-0.25, -0.2) is 15.8 Å². The van der Waals surface area contributed by atoms with E-state index in [9.17, 15) is 0 Å². The fourth-order valence-electron chi connectivity index (χ4n) is 1.90. The molecule has 3 N–H and O–H groups in total.